The molecule has 1 unspecified atom stereocenters. The van der Waals surface area contributed by atoms with Crippen molar-refractivity contribution in [1.82, 2.24) is 5.32 Å². The van der Waals surface area contributed by atoms with Crippen molar-refractivity contribution in [3.05, 3.63) is 51.7 Å². The Morgan fingerprint density at radius 2 is 2.06 bits per heavy atom. The molecule has 0 saturated heterocycles. The van der Waals surface area contributed by atoms with Gasteiger partial charge in [-0.2, -0.15) is 11.3 Å². The van der Waals surface area contributed by atoms with E-state index in [1.165, 1.54) is 11.3 Å². The van der Waals surface area contributed by atoms with E-state index in [2.05, 4.69) is 5.32 Å². The summed E-state index contributed by atoms with van der Waals surface area (Å²) in [5.74, 6) is -0.0514. The van der Waals surface area contributed by atoms with Gasteiger partial charge in [-0.05, 0) is 36.4 Å². The molecule has 1 amide bonds. The predicted octanol–water partition coefficient (Wildman–Crippen LogP) is 3.13. The zero-order valence-corrected chi connectivity index (χ0v) is 11.3. The quantitative estimate of drug-likeness (QED) is 0.833. The number of amides is 1. The van der Waals surface area contributed by atoms with Crippen LogP contribution in [0.25, 0.3) is 0 Å². The number of para-hydroxylation sites is 1. The molecule has 4 heteroatoms. The molecule has 2 rings (SSSR count). The van der Waals surface area contributed by atoms with E-state index in [1.54, 1.807) is 0 Å². The molecule has 0 saturated carbocycles. The number of rotatable bonds is 3. The number of hydrogen-bond donors (Lipinski definition) is 2. The summed E-state index contributed by atoms with van der Waals surface area (Å²) in [6.07, 6.45) is 0. The molecule has 0 aliphatic heterocycles. The lowest BCUT2D eigenvalue weighted by molar-refractivity contribution is 0.0940. The molecule has 0 radical (unpaired) electrons. The van der Waals surface area contributed by atoms with Gasteiger partial charge >= 0.3 is 0 Å². The van der Waals surface area contributed by atoms with E-state index in [0.29, 0.717) is 5.69 Å². The van der Waals surface area contributed by atoms with Crippen molar-refractivity contribution in [2.45, 2.75) is 19.9 Å². The molecule has 0 bridgehead atoms. The van der Waals surface area contributed by atoms with Crippen LogP contribution in [0.4, 0.5) is 5.69 Å². The fraction of sp³-hybridized carbons (Fsp3) is 0.214. The van der Waals surface area contributed by atoms with Gasteiger partial charge in [0, 0.05) is 11.1 Å². The van der Waals surface area contributed by atoms with E-state index in [1.807, 2.05) is 48.9 Å². The molecule has 1 aromatic heterocycles. The summed E-state index contributed by atoms with van der Waals surface area (Å²) >= 11 is 1.54. The topological polar surface area (TPSA) is 55.1 Å². The van der Waals surface area contributed by atoms with E-state index in [0.717, 1.165) is 16.7 Å². The van der Waals surface area contributed by atoms with Crippen LogP contribution in [0.5, 0.6) is 0 Å². The number of benzene rings is 1. The second kappa shape index (κ2) is 5.23. The second-order valence-corrected chi connectivity index (χ2v) is 5.04. The standard InChI is InChI=1S/C14H16N2OS/c1-9-7-18-8-12(9)14(17)16-10(2)11-5-3-4-6-13(11)15/h3-8,10H,15H2,1-2H3,(H,16,17). The number of nitrogens with two attached hydrogens (primary N) is 1. The number of carbonyl (C=O) groups is 1. The maximum Gasteiger partial charge on any atom is 0.252 e. The first-order valence-electron chi connectivity index (χ1n) is 5.77. The lowest BCUT2D eigenvalue weighted by Gasteiger charge is -2.16. The fourth-order valence-electron chi connectivity index (χ4n) is 1.85. The van der Waals surface area contributed by atoms with Crippen molar-refractivity contribution in [1.29, 1.82) is 0 Å². The highest BCUT2D eigenvalue weighted by Crippen LogP contribution is 2.21. The average molecular weight is 260 g/mol. The summed E-state index contributed by atoms with van der Waals surface area (Å²) in [4.78, 5) is 12.1. The van der Waals surface area contributed by atoms with E-state index < -0.39 is 0 Å². The van der Waals surface area contributed by atoms with Gasteiger partial charge in [-0.25, -0.2) is 0 Å². The fourth-order valence-corrected chi connectivity index (χ4v) is 2.68. The van der Waals surface area contributed by atoms with Gasteiger partial charge in [0.05, 0.1) is 11.6 Å². The smallest absolute Gasteiger partial charge is 0.252 e. The zero-order chi connectivity index (χ0) is 13.1. The molecule has 2 aromatic rings. The number of thiophene rings is 1. The number of nitrogens with one attached hydrogen (secondary N) is 1. The first-order chi connectivity index (χ1) is 8.59. The maximum atomic E-state index is 12.1. The number of aryl methyl sites for hydroxylation is 1. The average Bonchev–Trinajstić information content (AvgIpc) is 2.76. The summed E-state index contributed by atoms with van der Waals surface area (Å²) in [6.45, 7) is 3.87. The SMILES string of the molecule is Cc1cscc1C(=O)NC(C)c1ccccc1N. The van der Waals surface area contributed by atoms with Crippen molar-refractivity contribution in [3.63, 3.8) is 0 Å². The van der Waals surface area contributed by atoms with Crippen molar-refractivity contribution in [2.75, 3.05) is 5.73 Å². The third kappa shape index (κ3) is 2.54. The van der Waals surface area contributed by atoms with Crippen LogP contribution in [0, 0.1) is 6.92 Å². The van der Waals surface area contributed by atoms with Crippen LogP contribution in [0.1, 0.15) is 34.5 Å². The van der Waals surface area contributed by atoms with Crippen molar-refractivity contribution in [2.24, 2.45) is 0 Å². The molecule has 3 N–H and O–H groups in total. The monoisotopic (exact) mass is 260 g/mol. The summed E-state index contributed by atoms with van der Waals surface area (Å²) < 4.78 is 0. The van der Waals surface area contributed by atoms with Crippen molar-refractivity contribution >= 4 is 22.9 Å². The summed E-state index contributed by atoms with van der Waals surface area (Å²) in [5.41, 5.74) is 9.28. The molecule has 0 spiro atoms. The Bertz CT molecular complexity index is 562. The summed E-state index contributed by atoms with van der Waals surface area (Å²) in [7, 11) is 0. The maximum absolute atomic E-state index is 12.1. The van der Waals surface area contributed by atoms with Gasteiger partial charge in [-0.3, -0.25) is 4.79 Å². The molecule has 3 nitrogen and oxygen atoms in total. The van der Waals surface area contributed by atoms with Gasteiger partial charge in [0.25, 0.3) is 5.91 Å². The van der Waals surface area contributed by atoms with E-state index in [9.17, 15) is 4.79 Å². The lowest BCUT2D eigenvalue weighted by atomic mass is 10.1. The first-order valence-corrected chi connectivity index (χ1v) is 6.72. The first kappa shape index (κ1) is 12.6. The predicted molar refractivity (Wildman–Crippen MR) is 75.8 cm³/mol. The molecule has 1 atom stereocenters. The zero-order valence-electron chi connectivity index (χ0n) is 10.4. The number of nitrogen functional groups attached to an aromatic ring is 1. The van der Waals surface area contributed by atoms with Crippen LogP contribution in [0.15, 0.2) is 35.0 Å². The molecule has 1 heterocycles. The Morgan fingerprint density at radius 3 is 2.67 bits per heavy atom. The van der Waals surface area contributed by atoms with E-state index in [4.69, 9.17) is 5.73 Å². The van der Waals surface area contributed by atoms with Gasteiger partial charge in [0.2, 0.25) is 0 Å². The number of hydrogen-bond acceptors (Lipinski definition) is 3. The molecule has 0 fully saturated rings. The molecular formula is C14H16N2OS. The summed E-state index contributed by atoms with van der Waals surface area (Å²) in [6, 6.07) is 7.48. The number of carbonyl (C=O) groups excluding carboxylic acids is 1. The van der Waals surface area contributed by atoms with Crippen LogP contribution in [0.3, 0.4) is 0 Å². The molecule has 1 aromatic carbocycles. The van der Waals surface area contributed by atoms with Crippen LogP contribution >= 0.6 is 11.3 Å². The van der Waals surface area contributed by atoms with Gasteiger partial charge in [0.1, 0.15) is 0 Å². The van der Waals surface area contributed by atoms with Crippen LogP contribution in [-0.4, -0.2) is 5.91 Å². The Labute approximate surface area is 111 Å². The summed E-state index contributed by atoms with van der Waals surface area (Å²) in [5, 5.41) is 6.80. The highest BCUT2D eigenvalue weighted by Gasteiger charge is 2.15. The van der Waals surface area contributed by atoms with Crippen LogP contribution in [0.2, 0.25) is 0 Å². The van der Waals surface area contributed by atoms with Crippen molar-refractivity contribution < 1.29 is 4.79 Å². The van der Waals surface area contributed by atoms with Crippen molar-refractivity contribution in [3.8, 4) is 0 Å². The van der Waals surface area contributed by atoms with Gasteiger partial charge < -0.3 is 11.1 Å². The van der Waals surface area contributed by atoms with Crippen LogP contribution in [-0.2, 0) is 0 Å². The molecule has 0 aliphatic rings. The van der Waals surface area contributed by atoms with Gasteiger partial charge in [-0.15, -0.1) is 0 Å². The minimum absolute atomic E-state index is 0.0514. The third-order valence-corrected chi connectivity index (χ3v) is 3.77. The minimum atomic E-state index is -0.0991. The Morgan fingerprint density at radius 1 is 1.33 bits per heavy atom. The molecule has 0 aliphatic carbocycles. The Kier molecular flexibility index (Phi) is 3.67. The molecule has 94 valence electrons. The normalized spacial score (nSPS) is 12.1. The molecular weight excluding hydrogens is 244 g/mol. The minimum Gasteiger partial charge on any atom is -0.398 e. The van der Waals surface area contributed by atoms with E-state index >= 15 is 0 Å². The highest BCUT2D eigenvalue weighted by atomic mass is 32.1. The lowest BCUT2D eigenvalue weighted by Crippen LogP contribution is -2.27. The van der Waals surface area contributed by atoms with Crippen LogP contribution < -0.4 is 11.1 Å². The second-order valence-electron chi connectivity index (χ2n) is 4.29. The van der Waals surface area contributed by atoms with E-state index in [-0.39, 0.29) is 11.9 Å². The number of anilines is 1. The largest absolute Gasteiger partial charge is 0.398 e. The Hall–Kier alpha value is -1.81. The Balaban J connectivity index is 2.13. The van der Waals surface area contributed by atoms with Gasteiger partial charge in [-0.1, -0.05) is 18.2 Å². The highest BCUT2D eigenvalue weighted by molar-refractivity contribution is 7.08. The van der Waals surface area contributed by atoms with Gasteiger partial charge in [0.15, 0.2) is 0 Å². The third-order valence-electron chi connectivity index (χ3n) is 2.91. The molecule has 18 heavy (non-hydrogen) atoms.